The van der Waals surface area contributed by atoms with Crippen LogP contribution < -0.4 is 4.90 Å². The van der Waals surface area contributed by atoms with Gasteiger partial charge in [-0.05, 0) is 6.42 Å². The van der Waals surface area contributed by atoms with E-state index in [1.807, 2.05) is 11.8 Å². The molecule has 0 atom stereocenters. The maximum Gasteiger partial charge on any atom is 0.205 e. The molecule has 5 heteroatoms. The molecule has 0 radical (unpaired) electrons. The Morgan fingerprint density at radius 2 is 2.50 bits per heavy atom. The first-order valence-corrected chi connectivity index (χ1v) is 4.75. The van der Waals surface area contributed by atoms with Crippen LogP contribution in [0, 0.1) is 0 Å². The Morgan fingerprint density at radius 3 is 3.00 bits per heavy atom. The number of nitrogens with zero attached hydrogens (tertiary/aromatic N) is 3. The molecule has 1 aromatic heterocycles. The standard InChI is InChI=1S/C7H11N3OS/c1-2-7(11)3-10(4-7)6-8-5-9-12-6/h5,11H,2-4H2,1H3. The molecule has 4 nitrogen and oxygen atoms in total. The van der Waals surface area contributed by atoms with Gasteiger partial charge in [0.2, 0.25) is 5.13 Å². The van der Waals surface area contributed by atoms with Gasteiger partial charge in [-0.2, -0.15) is 4.37 Å². The molecule has 2 rings (SSSR count). The van der Waals surface area contributed by atoms with E-state index >= 15 is 0 Å². The molecule has 0 amide bonds. The Morgan fingerprint density at radius 1 is 1.75 bits per heavy atom. The predicted molar refractivity (Wildman–Crippen MR) is 47.4 cm³/mol. The third-order valence-corrected chi connectivity index (χ3v) is 2.98. The Labute approximate surface area is 75.0 Å². The number of aromatic nitrogens is 2. The Kier molecular flexibility index (Phi) is 1.77. The van der Waals surface area contributed by atoms with Crippen LogP contribution in [0.2, 0.25) is 0 Å². The third-order valence-electron chi connectivity index (χ3n) is 2.25. The van der Waals surface area contributed by atoms with Crippen LogP contribution in [-0.4, -0.2) is 33.2 Å². The van der Waals surface area contributed by atoms with Crippen molar-refractivity contribution >= 4 is 16.7 Å². The molecule has 0 saturated carbocycles. The van der Waals surface area contributed by atoms with Gasteiger partial charge in [-0.3, -0.25) is 0 Å². The van der Waals surface area contributed by atoms with Gasteiger partial charge in [-0.1, -0.05) is 6.92 Å². The molecule has 1 N–H and O–H groups in total. The van der Waals surface area contributed by atoms with E-state index in [4.69, 9.17) is 0 Å². The fraction of sp³-hybridized carbons (Fsp3) is 0.714. The summed E-state index contributed by atoms with van der Waals surface area (Å²) in [5.41, 5.74) is -0.480. The van der Waals surface area contributed by atoms with Crippen LogP contribution >= 0.6 is 11.5 Å². The molecule has 12 heavy (non-hydrogen) atoms. The molecule has 1 saturated heterocycles. The molecule has 2 heterocycles. The van der Waals surface area contributed by atoms with Gasteiger partial charge >= 0.3 is 0 Å². The molecule has 0 unspecified atom stereocenters. The van der Waals surface area contributed by atoms with Gasteiger partial charge in [0.1, 0.15) is 6.33 Å². The van der Waals surface area contributed by atoms with Crippen molar-refractivity contribution in [2.45, 2.75) is 18.9 Å². The van der Waals surface area contributed by atoms with Crippen molar-refractivity contribution in [1.29, 1.82) is 0 Å². The Hall–Kier alpha value is -0.680. The highest BCUT2D eigenvalue weighted by molar-refractivity contribution is 7.09. The molecule has 0 spiro atoms. The smallest absolute Gasteiger partial charge is 0.205 e. The average molecular weight is 185 g/mol. The van der Waals surface area contributed by atoms with E-state index in [0.29, 0.717) is 13.1 Å². The monoisotopic (exact) mass is 185 g/mol. The van der Waals surface area contributed by atoms with E-state index in [1.54, 1.807) is 6.33 Å². The minimum atomic E-state index is -0.480. The zero-order chi connectivity index (χ0) is 8.60. The number of anilines is 1. The fourth-order valence-corrected chi connectivity index (χ4v) is 1.86. The van der Waals surface area contributed by atoms with Gasteiger partial charge in [0.05, 0.1) is 18.7 Å². The average Bonchev–Trinajstić information content (AvgIpc) is 2.50. The van der Waals surface area contributed by atoms with Crippen LogP contribution in [0.1, 0.15) is 13.3 Å². The summed E-state index contributed by atoms with van der Waals surface area (Å²) in [4.78, 5) is 6.10. The second-order valence-electron chi connectivity index (χ2n) is 3.16. The summed E-state index contributed by atoms with van der Waals surface area (Å²) in [6.45, 7) is 3.38. The SMILES string of the molecule is CCC1(O)CN(c2ncns2)C1. The Balaban J connectivity index is 1.98. The molecule has 0 aromatic carbocycles. The lowest BCUT2D eigenvalue weighted by molar-refractivity contribution is 0.00851. The largest absolute Gasteiger partial charge is 0.386 e. The summed E-state index contributed by atoms with van der Waals surface area (Å²) in [5, 5.41) is 10.6. The zero-order valence-electron chi connectivity index (χ0n) is 6.90. The molecular formula is C7H11N3OS. The molecule has 0 aliphatic carbocycles. The molecule has 0 bridgehead atoms. The first-order valence-electron chi connectivity index (χ1n) is 3.97. The lowest BCUT2D eigenvalue weighted by atomic mass is 9.92. The minimum absolute atomic E-state index is 0.480. The lowest BCUT2D eigenvalue weighted by Crippen LogP contribution is -2.61. The van der Waals surface area contributed by atoms with E-state index in [2.05, 4.69) is 9.36 Å². The fourth-order valence-electron chi connectivity index (χ4n) is 1.33. The van der Waals surface area contributed by atoms with Crippen LogP contribution in [0.25, 0.3) is 0 Å². The number of aliphatic hydroxyl groups is 1. The van der Waals surface area contributed by atoms with Gasteiger partial charge < -0.3 is 10.0 Å². The molecule has 1 aliphatic rings. The van der Waals surface area contributed by atoms with Gasteiger partial charge in [0, 0.05) is 11.5 Å². The van der Waals surface area contributed by atoms with E-state index in [9.17, 15) is 5.11 Å². The van der Waals surface area contributed by atoms with Crippen LogP contribution in [0.4, 0.5) is 5.13 Å². The maximum atomic E-state index is 9.70. The second-order valence-corrected chi connectivity index (χ2v) is 3.92. The molecule has 1 fully saturated rings. The van der Waals surface area contributed by atoms with Gasteiger partial charge in [0.25, 0.3) is 0 Å². The van der Waals surface area contributed by atoms with Gasteiger partial charge in [-0.25, -0.2) is 4.98 Å². The maximum absolute atomic E-state index is 9.70. The summed E-state index contributed by atoms with van der Waals surface area (Å²) in [6.07, 6.45) is 2.35. The summed E-state index contributed by atoms with van der Waals surface area (Å²) in [5.74, 6) is 0. The second kappa shape index (κ2) is 2.67. The first kappa shape index (κ1) is 7.94. The summed E-state index contributed by atoms with van der Waals surface area (Å²) >= 11 is 1.37. The molecule has 1 aliphatic heterocycles. The van der Waals surface area contributed by atoms with Crippen molar-refractivity contribution in [2.24, 2.45) is 0 Å². The number of hydrogen-bond acceptors (Lipinski definition) is 5. The number of hydrogen-bond donors (Lipinski definition) is 1. The predicted octanol–water partition coefficient (Wildman–Crippen LogP) is 0.499. The summed E-state index contributed by atoms with van der Waals surface area (Å²) in [7, 11) is 0. The van der Waals surface area contributed by atoms with Crippen LogP contribution in [0.15, 0.2) is 6.33 Å². The van der Waals surface area contributed by atoms with Crippen molar-refractivity contribution in [3.63, 3.8) is 0 Å². The number of β-amino-alcohol motifs (C(OH)–C–C–N with tert-alkyl or cyclic N) is 1. The van der Waals surface area contributed by atoms with Gasteiger partial charge in [-0.15, -0.1) is 0 Å². The van der Waals surface area contributed by atoms with Crippen molar-refractivity contribution < 1.29 is 5.11 Å². The Bertz CT molecular complexity index is 256. The highest BCUT2D eigenvalue weighted by Gasteiger charge is 2.40. The first-order chi connectivity index (χ1) is 5.73. The highest BCUT2D eigenvalue weighted by Crippen LogP contribution is 2.29. The van der Waals surface area contributed by atoms with Crippen molar-refractivity contribution in [3.8, 4) is 0 Å². The third kappa shape index (κ3) is 1.19. The summed E-state index contributed by atoms with van der Waals surface area (Å²) in [6, 6.07) is 0. The number of rotatable bonds is 2. The molecular weight excluding hydrogens is 174 g/mol. The van der Waals surface area contributed by atoms with Crippen LogP contribution in [0.5, 0.6) is 0 Å². The van der Waals surface area contributed by atoms with E-state index in [0.717, 1.165) is 11.6 Å². The summed E-state index contributed by atoms with van der Waals surface area (Å²) < 4.78 is 3.91. The van der Waals surface area contributed by atoms with Crippen molar-refractivity contribution in [1.82, 2.24) is 9.36 Å². The topological polar surface area (TPSA) is 49.2 Å². The molecule has 66 valence electrons. The van der Waals surface area contributed by atoms with Crippen molar-refractivity contribution in [2.75, 3.05) is 18.0 Å². The zero-order valence-corrected chi connectivity index (χ0v) is 7.71. The highest BCUT2D eigenvalue weighted by atomic mass is 32.1. The minimum Gasteiger partial charge on any atom is -0.386 e. The van der Waals surface area contributed by atoms with Gasteiger partial charge in [0.15, 0.2) is 0 Å². The van der Waals surface area contributed by atoms with E-state index in [-0.39, 0.29) is 0 Å². The van der Waals surface area contributed by atoms with Crippen molar-refractivity contribution in [3.05, 3.63) is 6.33 Å². The lowest BCUT2D eigenvalue weighted by Gasteiger charge is -2.45. The van der Waals surface area contributed by atoms with Crippen LogP contribution in [-0.2, 0) is 0 Å². The molecule has 1 aromatic rings. The van der Waals surface area contributed by atoms with E-state index < -0.39 is 5.60 Å². The van der Waals surface area contributed by atoms with Crippen LogP contribution in [0.3, 0.4) is 0 Å². The quantitative estimate of drug-likeness (QED) is 0.729. The normalized spacial score (nSPS) is 20.7. The van der Waals surface area contributed by atoms with E-state index in [1.165, 1.54) is 11.5 Å².